The van der Waals surface area contributed by atoms with Gasteiger partial charge in [0, 0.05) is 18.4 Å². The molecule has 0 aromatic carbocycles. The average molecular weight is 248 g/mol. The van der Waals surface area contributed by atoms with E-state index in [2.05, 4.69) is 37.1 Å². The number of aromatic nitrogens is 1. The van der Waals surface area contributed by atoms with Crippen molar-refractivity contribution in [1.82, 2.24) is 10.3 Å². The molecule has 2 nitrogen and oxygen atoms in total. The van der Waals surface area contributed by atoms with Gasteiger partial charge in [-0.25, -0.2) is 0 Å². The minimum Gasteiger partial charge on any atom is -0.314 e. The van der Waals surface area contributed by atoms with E-state index in [4.69, 9.17) is 0 Å². The van der Waals surface area contributed by atoms with Crippen LogP contribution >= 0.6 is 0 Å². The van der Waals surface area contributed by atoms with E-state index in [1.165, 1.54) is 31.2 Å². The number of nitrogens with zero attached hydrogens (tertiary/aromatic N) is 1. The molecular formula is C16H28N2. The molecule has 0 aliphatic carbocycles. The summed E-state index contributed by atoms with van der Waals surface area (Å²) in [5.74, 6) is 0.815. The third-order valence-corrected chi connectivity index (χ3v) is 3.22. The van der Waals surface area contributed by atoms with E-state index >= 15 is 0 Å². The minimum absolute atomic E-state index is 0.605. The van der Waals surface area contributed by atoms with E-state index in [0.717, 1.165) is 18.9 Å². The molecule has 18 heavy (non-hydrogen) atoms. The SMILES string of the molecule is CCCNC(CCCC(C)C)Cc1cccnc1. The highest BCUT2D eigenvalue weighted by Gasteiger charge is 2.09. The summed E-state index contributed by atoms with van der Waals surface area (Å²) in [6.07, 6.45) is 10.1. The van der Waals surface area contributed by atoms with Crippen molar-refractivity contribution in [3.05, 3.63) is 30.1 Å². The summed E-state index contributed by atoms with van der Waals surface area (Å²) in [5, 5.41) is 3.66. The van der Waals surface area contributed by atoms with Gasteiger partial charge in [0.15, 0.2) is 0 Å². The maximum absolute atomic E-state index is 4.20. The van der Waals surface area contributed by atoms with Gasteiger partial charge in [-0.15, -0.1) is 0 Å². The van der Waals surface area contributed by atoms with Gasteiger partial charge in [0.1, 0.15) is 0 Å². The third-order valence-electron chi connectivity index (χ3n) is 3.22. The second-order valence-electron chi connectivity index (χ2n) is 5.54. The predicted octanol–water partition coefficient (Wildman–Crippen LogP) is 3.82. The maximum atomic E-state index is 4.20. The molecule has 2 heteroatoms. The summed E-state index contributed by atoms with van der Waals surface area (Å²) in [4.78, 5) is 4.20. The molecule has 0 amide bonds. The van der Waals surface area contributed by atoms with Crippen LogP contribution in [0.3, 0.4) is 0 Å². The van der Waals surface area contributed by atoms with Crippen LogP contribution in [0.4, 0.5) is 0 Å². The minimum atomic E-state index is 0.605. The molecule has 0 saturated carbocycles. The quantitative estimate of drug-likeness (QED) is 0.718. The summed E-state index contributed by atoms with van der Waals surface area (Å²) in [6.45, 7) is 7.94. The zero-order valence-electron chi connectivity index (χ0n) is 12.2. The fourth-order valence-corrected chi connectivity index (χ4v) is 2.20. The summed E-state index contributed by atoms with van der Waals surface area (Å²) in [6, 6.07) is 4.81. The van der Waals surface area contributed by atoms with Gasteiger partial charge in [0.2, 0.25) is 0 Å². The smallest absolute Gasteiger partial charge is 0.0300 e. The Morgan fingerprint density at radius 3 is 2.72 bits per heavy atom. The standard InChI is InChI=1S/C16H28N2/c1-4-10-18-16(9-5-7-14(2)3)12-15-8-6-11-17-13-15/h6,8,11,13-14,16,18H,4-5,7,9-10,12H2,1-3H3. The predicted molar refractivity (Wildman–Crippen MR) is 78.7 cm³/mol. The van der Waals surface area contributed by atoms with Crippen LogP contribution in [0.1, 0.15) is 52.0 Å². The lowest BCUT2D eigenvalue weighted by molar-refractivity contribution is 0.434. The van der Waals surface area contributed by atoms with Crippen molar-refractivity contribution in [2.75, 3.05) is 6.54 Å². The first-order valence-electron chi connectivity index (χ1n) is 7.34. The maximum Gasteiger partial charge on any atom is 0.0300 e. The molecule has 1 rings (SSSR count). The van der Waals surface area contributed by atoms with E-state index in [-0.39, 0.29) is 0 Å². The van der Waals surface area contributed by atoms with Crippen LogP contribution in [0.5, 0.6) is 0 Å². The Bertz CT molecular complexity index is 295. The van der Waals surface area contributed by atoms with Crippen LogP contribution in [0.2, 0.25) is 0 Å². The lowest BCUT2D eigenvalue weighted by atomic mass is 9.99. The van der Waals surface area contributed by atoms with Crippen molar-refractivity contribution in [2.45, 2.75) is 58.9 Å². The first-order chi connectivity index (χ1) is 8.72. The highest BCUT2D eigenvalue weighted by Crippen LogP contribution is 2.12. The fourth-order valence-electron chi connectivity index (χ4n) is 2.20. The van der Waals surface area contributed by atoms with Crippen molar-refractivity contribution < 1.29 is 0 Å². The number of nitrogens with one attached hydrogen (secondary N) is 1. The molecule has 0 saturated heterocycles. The average Bonchev–Trinajstić information content (AvgIpc) is 2.36. The van der Waals surface area contributed by atoms with Crippen molar-refractivity contribution in [3.63, 3.8) is 0 Å². The zero-order valence-corrected chi connectivity index (χ0v) is 12.2. The van der Waals surface area contributed by atoms with Crippen LogP contribution < -0.4 is 5.32 Å². The van der Waals surface area contributed by atoms with Crippen LogP contribution in [-0.4, -0.2) is 17.6 Å². The molecule has 1 unspecified atom stereocenters. The third kappa shape index (κ3) is 6.75. The molecule has 1 N–H and O–H groups in total. The topological polar surface area (TPSA) is 24.9 Å². The monoisotopic (exact) mass is 248 g/mol. The van der Waals surface area contributed by atoms with Gasteiger partial charge >= 0.3 is 0 Å². The summed E-state index contributed by atoms with van der Waals surface area (Å²) in [5.41, 5.74) is 1.34. The molecule has 0 radical (unpaired) electrons. The van der Waals surface area contributed by atoms with Gasteiger partial charge in [-0.1, -0.05) is 39.7 Å². The number of pyridine rings is 1. The Labute approximate surface area is 112 Å². The van der Waals surface area contributed by atoms with E-state index < -0.39 is 0 Å². The Morgan fingerprint density at radius 1 is 1.28 bits per heavy atom. The van der Waals surface area contributed by atoms with E-state index in [0.29, 0.717) is 6.04 Å². The summed E-state index contributed by atoms with van der Waals surface area (Å²) in [7, 11) is 0. The first kappa shape index (κ1) is 15.2. The Balaban J connectivity index is 2.39. The van der Waals surface area contributed by atoms with Crippen molar-refractivity contribution >= 4 is 0 Å². The molecule has 1 aromatic rings. The largest absolute Gasteiger partial charge is 0.314 e. The normalized spacial score (nSPS) is 12.9. The number of rotatable bonds is 9. The number of hydrogen-bond acceptors (Lipinski definition) is 2. The molecule has 0 aliphatic heterocycles. The Kier molecular flexibility index (Phi) is 7.66. The van der Waals surface area contributed by atoms with Gasteiger partial charge in [-0.3, -0.25) is 4.98 Å². The van der Waals surface area contributed by atoms with Crippen LogP contribution in [0.25, 0.3) is 0 Å². The molecule has 0 aliphatic rings. The van der Waals surface area contributed by atoms with Gasteiger partial charge in [0.25, 0.3) is 0 Å². The molecule has 102 valence electrons. The fraction of sp³-hybridized carbons (Fsp3) is 0.688. The number of hydrogen-bond donors (Lipinski definition) is 1. The Morgan fingerprint density at radius 2 is 2.11 bits per heavy atom. The van der Waals surface area contributed by atoms with E-state index in [1.807, 2.05) is 18.5 Å². The second kappa shape index (κ2) is 9.09. The van der Waals surface area contributed by atoms with Crippen LogP contribution in [-0.2, 0) is 6.42 Å². The highest BCUT2D eigenvalue weighted by molar-refractivity contribution is 5.10. The van der Waals surface area contributed by atoms with Gasteiger partial charge in [0.05, 0.1) is 0 Å². The van der Waals surface area contributed by atoms with Crippen LogP contribution in [0, 0.1) is 5.92 Å². The molecule has 1 heterocycles. The molecule has 1 aromatic heterocycles. The molecular weight excluding hydrogens is 220 g/mol. The van der Waals surface area contributed by atoms with E-state index in [9.17, 15) is 0 Å². The molecule has 0 bridgehead atoms. The molecule has 0 fully saturated rings. The van der Waals surface area contributed by atoms with Gasteiger partial charge < -0.3 is 5.32 Å². The highest BCUT2D eigenvalue weighted by atomic mass is 14.9. The lowest BCUT2D eigenvalue weighted by Gasteiger charge is -2.19. The van der Waals surface area contributed by atoms with Gasteiger partial charge in [-0.05, 0) is 43.4 Å². The molecule has 1 atom stereocenters. The summed E-state index contributed by atoms with van der Waals surface area (Å²) >= 11 is 0. The van der Waals surface area contributed by atoms with Crippen molar-refractivity contribution in [3.8, 4) is 0 Å². The van der Waals surface area contributed by atoms with Crippen molar-refractivity contribution in [2.24, 2.45) is 5.92 Å². The van der Waals surface area contributed by atoms with Crippen molar-refractivity contribution in [1.29, 1.82) is 0 Å². The zero-order chi connectivity index (χ0) is 13.2. The Hall–Kier alpha value is -0.890. The lowest BCUT2D eigenvalue weighted by Crippen LogP contribution is -2.31. The second-order valence-corrected chi connectivity index (χ2v) is 5.54. The van der Waals surface area contributed by atoms with Gasteiger partial charge in [-0.2, -0.15) is 0 Å². The summed E-state index contributed by atoms with van der Waals surface area (Å²) < 4.78 is 0. The van der Waals surface area contributed by atoms with E-state index in [1.54, 1.807) is 0 Å². The molecule has 0 spiro atoms. The van der Waals surface area contributed by atoms with Crippen LogP contribution in [0.15, 0.2) is 24.5 Å². The first-order valence-corrected chi connectivity index (χ1v) is 7.34.